The normalized spacial score (nSPS) is 11.0. The first-order valence-corrected chi connectivity index (χ1v) is 6.53. The lowest BCUT2D eigenvalue weighted by Crippen LogP contribution is -1.88. The summed E-state index contributed by atoms with van der Waals surface area (Å²) in [5.74, 6) is 0.148. The predicted molar refractivity (Wildman–Crippen MR) is 81.7 cm³/mol. The van der Waals surface area contributed by atoms with Gasteiger partial charge in [-0.25, -0.2) is 15.0 Å². The molecule has 0 saturated heterocycles. The van der Waals surface area contributed by atoms with E-state index in [-0.39, 0.29) is 29.0 Å². The standard InChI is InChI=1S/C15H10N4O4/c20-15-12(18-14(23-15)10-4-2-1-3-5-10)9-17-13-7-6-11(8-16-13)19(21)22/h1-9,20H. The number of nitrogens with zero attached hydrogens (tertiary/aromatic N) is 4. The lowest BCUT2D eigenvalue weighted by atomic mass is 10.2. The smallest absolute Gasteiger partial charge is 0.312 e. The van der Waals surface area contributed by atoms with Crippen LogP contribution in [-0.4, -0.2) is 26.2 Å². The number of pyridine rings is 1. The summed E-state index contributed by atoms with van der Waals surface area (Å²) in [6.45, 7) is 0. The van der Waals surface area contributed by atoms with Crippen molar-refractivity contribution in [3.05, 3.63) is 64.5 Å². The molecule has 0 aliphatic carbocycles. The summed E-state index contributed by atoms with van der Waals surface area (Å²) in [6, 6.07) is 11.8. The molecule has 0 amide bonds. The lowest BCUT2D eigenvalue weighted by Gasteiger charge is -1.92. The molecular weight excluding hydrogens is 300 g/mol. The second kappa shape index (κ2) is 6.06. The zero-order chi connectivity index (χ0) is 16.2. The van der Waals surface area contributed by atoms with E-state index in [1.807, 2.05) is 18.2 Å². The highest BCUT2D eigenvalue weighted by molar-refractivity contribution is 5.82. The van der Waals surface area contributed by atoms with Crippen LogP contribution in [-0.2, 0) is 0 Å². The molecule has 114 valence electrons. The van der Waals surface area contributed by atoms with Crippen LogP contribution in [0.3, 0.4) is 0 Å². The van der Waals surface area contributed by atoms with E-state index in [0.29, 0.717) is 0 Å². The molecule has 0 saturated carbocycles. The number of aromatic hydroxyl groups is 1. The number of rotatable bonds is 4. The molecule has 1 aromatic carbocycles. The molecule has 23 heavy (non-hydrogen) atoms. The Morgan fingerprint density at radius 1 is 1.22 bits per heavy atom. The van der Waals surface area contributed by atoms with Crippen molar-refractivity contribution in [1.82, 2.24) is 9.97 Å². The Kier molecular flexibility index (Phi) is 3.79. The van der Waals surface area contributed by atoms with Crippen LogP contribution in [0.5, 0.6) is 5.95 Å². The van der Waals surface area contributed by atoms with Crippen molar-refractivity contribution in [3.63, 3.8) is 0 Å². The fourth-order valence-corrected chi connectivity index (χ4v) is 1.80. The number of aliphatic imine (C=N–C) groups is 1. The number of hydrogen-bond acceptors (Lipinski definition) is 7. The third kappa shape index (κ3) is 3.21. The first-order chi connectivity index (χ1) is 11.1. The van der Waals surface area contributed by atoms with E-state index in [1.165, 1.54) is 18.3 Å². The zero-order valence-corrected chi connectivity index (χ0v) is 11.7. The molecule has 0 fully saturated rings. The Labute approximate surface area is 129 Å². The second-order valence-corrected chi connectivity index (χ2v) is 4.47. The average Bonchev–Trinajstić information content (AvgIpc) is 2.95. The first kappa shape index (κ1) is 14.4. The van der Waals surface area contributed by atoms with Gasteiger partial charge in [0, 0.05) is 11.6 Å². The number of aromatic nitrogens is 2. The molecule has 8 nitrogen and oxygen atoms in total. The van der Waals surface area contributed by atoms with Crippen molar-refractivity contribution in [2.24, 2.45) is 4.99 Å². The highest BCUT2D eigenvalue weighted by Gasteiger charge is 2.12. The van der Waals surface area contributed by atoms with E-state index in [9.17, 15) is 15.2 Å². The maximum Gasteiger partial charge on any atom is 0.312 e. The van der Waals surface area contributed by atoms with Gasteiger partial charge in [0.25, 0.3) is 5.69 Å². The van der Waals surface area contributed by atoms with Gasteiger partial charge in [-0.15, -0.1) is 0 Å². The zero-order valence-electron chi connectivity index (χ0n) is 11.7. The monoisotopic (exact) mass is 310 g/mol. The Morgan fingerprint density at radius 3 is 2.65 bits per heavy atom. The Morgan fingerprint density at radius 2 is 2.00 bits per heavy atom. The Balaban J connectivity index is 1.82. The van der Waals surface area contributed by atoms with Gasteiger partial charge in [0.2, 0.25) is 5.89 Å². The number of nitro groups is 1. The van der Waals surface area contributed by atoms with Crippen LogP contribution >= 0.6 is 0 Å². The van der Waals surface area contributed by atoms with Gasteiger partial charge in [0.05, 0.1) is 11.1 Å². The molecule has 3 aromatic rings. The molecule has 0 atom stereocenters. The van der Waals surface area contributed by atoms with E-state index in [0.717, 1.165) is 11.8 Å². The van der Waals surface area contributed by atoms with Crippen molar-refractivity contribution < 1.29 is 14.4 Å². The molecule has 8 heteroatoms. The van der Waals surface area contributed by atoms with Crippen LogP contribution in [0.2, 0.25) is 0 Å². The van der Waals surface area contributed by atoms with Crippen molar-refractivity contribution >= 4 is 17.7 Å². The van der Waals surface area contributed by atoms with E-state index in [2.05, 4.69) is 15.0 Å². The predicted octanol–water partition coefficient (Wildman–Crippen LogP) is 3.10. The van der Waals surface area contributed by atoms with Gasteiger partial charge in [-0.3, -0.25) is 10.1 Å². The molecule has 0 bridgehead atoms. The maximum atomic E-state index is 10.5. The maximum absolute atomic E-state index is 10.5. The summed E-state index contributed by atoms with van der Waals surface area (Å²) < 4.78 is 5.18. The van der Waals surface area contributed by atoms with Crippen LogP contribution in [0, 0.1) is 10.1 Å². The van der Waals surface area contributed by atoms with E-state index < -0.39 is 4.92 Å². The van der Waals surface area contributed by atoms with Crippen molar-refractivity contribution in [2.45, 2.75) is 0 Å². The third-order valence-electron chi connectivity index (χ3n) is 2.92. The fourth-order valence-electron chi connectivity index (χ4n) is 1.80. The molecule has 2 aromatic heterocycles. The van der Waals surface area contributed by atoms with Gasteiger partial charge >= 0.3 is 5.95 Å². The summed E-state index contributed by atoms with van der Waals surface area (Å²) in [4.78, 5) is 22.0. The lowest BCUT2D eigenvalue weighted by molar-refractivity contribution is -0.385. The van der Waals surface area contributed by atoms with Crippen molar-refractivity contribution in [3.8, 4) is 17.4 Å². The largest absolute Gasteiger partial charge is 0.479 e. The quantitative estimate of drug-likeness (QED) is 0.450. The summed E-state index contributed by atoms with van der Waals surface area (Å²) in [6.07, 6.45) is 2.38. The van der Waals surface area contributed by atoms with Crippen LogP contribution in [0.4, 0.5) is 11.5 Å². The van der Waals surface area contributed by atoms with E-state index in [1.54, 1.807) is 12.1 Å². The van der Waals surface area contributed by atoms with Gasteiger partial charge in [0.15, 0.2) is 11.5 Å². The Hall–Kier alpha value is -3.55. The van der Waals surface area contributed by atoms with Crippen LogP contribution < -0.4 is 0 Å². The van der Waals surface area contributed by atoms with Crippen LogP contribution in [0.15, 0.2) is 58.1 Å². The van der Waals surface area contributed by atoms with Gasteiger partial charge in [-0.2, -0.15) is 0 Å². The van der Waals surface area contributed by atoms with Gasteiger partial charge < -0.3 is 9.52 Å². The minimum absolute atomic E-state index is 0.125. The fraction of sp³-hybridized carbons (Fsp3) is 0. The Bertz CT molecular complexity index is 857. The highest BCUT2D eigenvalue weighted by atomic mass is 16.6. The van der Waals surface area contributed by atoms with Crippen LogP contribution in [0.25, 0.3) is 11.5 Å². The molecule has 1 N–H and O–H groups in total. The van der Waals surface area contributed by atoms with Crippen molar-refractivity contribution in [1.29, 1.82) is 0 Å². The number of oxazole rings is 1. The summed E-state index contributed by atoms with van der Waals surface area (Å²) in [5, 5.41) is 20.3. The average molecular weight is 310 g/mol. The molecule has 0 aliphatic rings. The molecule has 0 radical (unpaired) electrons. The molecule has 0 aliphatic heterocycles. The van der Waals surface area contributed by atoms with E-state index >= 15 is 0 Å². The van der Waals surface area contributed by atoms with Gasteiger partial charge in [-0.1, -0.05) is 18.2 Å². The summed E-state index contributed by atoms with van der Waals surface area (Å²) in [7, 11) is 0. The molecule has 3 rings (SSSR count). The van der Waals surface area contributed by atoms with Gasteiger partial charge in [-0.05, 0) is 18.2 Å². The van der Waals surface area contributed by atoms with Crippen molar-refractivity contribution in [2.75, 3.05) is 0 Å². The minimum Gasteiger partial charge on any atom is -0.479 e. The number of benzene rings is 1. The second-order valence-electron chi connectivity index (χ2n) is 4.47. The summed E-state index contributed by atoms with van der Waals surface area (Å²) >= 11 is 0. The topological polar surface area (TPSA) is 115 Å². The minimum atomic E-state index is -0.546. The molecule has 0 spiro atoms. The van der Waals surface area contributed by atoms with E-state index in [4.69, 9.17) is 4.42 Å². The first-order valence-electron chi connectivity index (χ1n) is 6.53. The molecular formula is C15H10N4O4. The third-order valence-corrected chi connectivity index (χ3v) is 2.92. The SMILES string of the molecule is O=[N+]([O-])c1ccc(N=Cc2nc(-c3ccccc3)oc2O)nc1. The van der Waals surface area contributed by atoms with Gasteiger partial charge in [0.1, 0.15) is 6.20 Å². The number of hydrogen-bond donors (Lipinski definition) is 1. The summed E-state index contributed by atoms with van der Waals surface area (Å²) in [5.41, 5.74) is 0.736. The molecule has 0 unspecified atom stereocenters. The molecule has 2 heterocycles. The highest BCUT2D eigenvalue weighted by Crippen LogP contribution is 2.25. The van der Waals surface area contributed by atoms with Crippen LogP contribution in [0.1, 0.15) is 5.69 Å².